The summed E-state index contributed by atoms with van der Waals surface area (Å²) in [6.45, 7) is 4.80. The van der Waals surface area contributed by atoms with Crippen LogP contribution in [0, 0.1) is 6.92 Å². The molecule has 3 aromatic rings. The number of rotatable bonds is 4. The van der Waals surface area contributed by atoms with Crippen LogP contribution in [0.3, 0.4) is 0 Å². The van der Waals surface area contributed by atoms with E-state index in [1.54, 1.807) is 12.1 Å². The zero-order valence-corrected chi connectivity index (χ0v) is 14.7. The Labute approximate surface area is 152 Å². The molecule has 26 heavy (non-hydrogen) atoms. The van der Waals surface area contributed by atoms with Gasteiger partial charge in [0.2, 0.25) is 0 Å². The maximum atomic E-state index is 10.6. The normalized spacial score (nSPS) is 15.6. The molecule has 1 aliphatic heterocycles. The Morgan fingerprint density at radius 3 is 2.73 bits per heavy atom. The van der Waals surface area contributed by atoms with Crippen molar-refractivity contribution in [1.29, 1.82) is 0 Å². The largest absolute Gasteiger partial charge is 0.506 e. The molecule has 3 heterocycles. The van der Waals surface area contributed by atoms with Crippen LogP contribution in [-0.4, -0.2) is 36.4 Å². The Balaban J connectivity index is 1.51. The summed E-state index contributed by atoms with van der Waals surface area (Å²) in [5.41, 5.74) is 4.17. The predicted molar refractivity (Wildman–Crippen MR) is 97.5 cm³/mol. The van der Waals surface area contributed by atoms with Crippen molar-refractivity contribution < 1.29 is 10.2 Å². The van der Waals surface area contributed by atoms with Gasteiger partial charge in [0.15, 0.2) is 0 Å². The third-order valence-corrected chi connectivity index (χ3v) is 4.75. The molecular formula is C20H22N4O2. The van der Waals surface area contributed by atoms with Gasteiger partial charge in [0.25, 0.3) is 0 Å². The second kappa shape index (κ2) is 6.90. The summed E-state index contributed by atoms with van der Waals surface area (Å²) >= 11 is 0. The number of nitrogens with zero attached hydrogens (tertiary/aromatic N) is 4. The van der Waals surface area contributed by atoms with Crippen LogP contribution in [0.1, 0.15) is 34.4 Å². The van der Waals surface area contributed by atoms with E-state index in [1.807, 2.05) is 48.0 Å². The SMILES string of the molecule is Cc1ccc(O)c(CN2CCn3nc(C(O)c4ccccc4)cc3C2)n1. The number of hydrogen-bond acceptors (Lipinski definition) is 5. The molecule has 0 fully saturated rings. The number of aryl methyl sites for hydroxylation is 1. The van der Waals surface area contributed by atoms with Crippen molar-refractivity contribution in [3.8, 4) is 5.75 Å². The average molecular weight is 350 g/mol. The number of aromatic hydroxyl groups is 1. The average Bonchev–Trinajstić information content (AvgIpc) is 3.08. The van der Waals surface area contributed by atoms with E-state index < -0.39 is 6.10 Å². The van der Waals surface area contributed by atoms with E-state index in [4.69, 9.17) is 0 Å². The minimum absolute atomic E-state index is 0.231. The van der Waals surface area contributed by atoms with Gasteiger partial charge in [-0.25, -0.2) is 0 Å². The molecule has 6 nitrogen and oxygen atoms in total. The van der Waals surface area contributed by atoms with Crippen LogP contribution in [0.4, 0.5) is 0 Å². The summed E-state index contributed by atoms with van der Waals surface area (Å²) < 4.78 is 1.96. The van der Waals surface area contributed by atoms with Gasteiger partial charge in [0.05, 0.1) is 23.6 Å². The highest BCUT2D eigenvalue weighted by molar-refractivity contribution is 5.29. The summed E-state index contributed by atoms with van der Waals surface area (Å²) in [4.78, 5) is 6.68. The molecular weight excluding hydrogens is 328 g/mol. The zero-order chi connectivity index (χ0) is 18.1. The lowest BCUT2D eigenvalue weighted by Gasteiger charge is -2.27. The maximum absolute atomic E-state index is 10.6. The first kappa shape index (κ1) is 16.8. The topological polar surface area (TPSA) is 74.4 Å². The fourth-order valence-electron chi connectivity index (χ4n) is 3.35. The van der Waals surface area contributed by atoms with Gasteiger partial charge >= 0.3 is 0 Å². The van der Waals surface area contributed by atoms with E-state index in [0.717, 1.165) is 30.0 Å². The first-order chi connectivity index (χ1) is 12.6. The Bertz CT molecular complexity index is 907. The Kier molecular flexibility index (Phi) is 4.44. The van der Waals surface area contributed by atoms with Crippen molar-refractivity contribution in [3.63, 3.8) is 0 Å². The maximum Gasteiger partial charge on any atom is 0.138 e. The molecule has 0 aliphatic carbocycles. The molecule has 0 spiro atoms. The van der Waals surface area contributed by atoms with Gasteiger partial charge in [-0.3, -0.25) is 14.6 Å². The first-order valence-electron chi connectivity index (χ1n) is 8.77. The number of fused-ring (bicyclic) bond motifs is 1. The molecule has 0 saturated carbocycles. The molecule has 1 aliphatic rings. The minimum Gasteiger partial charge on any atom is -0.506 e. The predicted octanol–water partition coefficient (Wildman–Crippen LogP) is 2.39. The third-order valence-electron chi connectivity index (χ3n) is 4.75. The van der Waals surface area contributed by atoms with Crippen LogP contribution in [-0.2, 0) is 19.6 Å². The van der Waals surface area contributed by atoms with Gasteiger partial charge in [-0.15, -0.1) is 0 Å². The lowest BCUT2D eigenvalue weighted by atomic mass is 10.1. The van der Waals surface area contributed by atoms with Crippen LogP contribution in [0.15, 0.2) is 48.5 Å². The fraction of sp³-hybridized carbons (Fsp3) is 0.300. The summed E-state index contributed by atoms with van der Waals surface area (Å²) in [6.07, 6.45) is -0.717. The number of aliphatic hydroxyl groups excluding tert-OH is 1. The second-order valence-electron chi connectivity index (χ2n) is 6.73. The summed E-state index contributed by atoms with van der Waals surface area (Å²) in [5, 5.41) is 25.2. The van der Waals surface area contributed by atoms with Gasteiger partial charge < -0.3 is 10.2 Å². The van der Waals surface area contributed by atoms with Gasteiger partial charge in [-0.1, -0.05) is 30.3 Å². The van der Waals surface area contributed by atoms with Crippen LogP contribution in [0.5, 0.6) is 5.75 Å². The Morgan fingerprint density at radius 2 is 1.92 bits per heavy atom. The van der Waals surface area contributed by atoms with Gasteiger partial charge in [-0.05, 0) is 30.7 Å². The van der Waals surface area contributed by atoms with Crippen molar-refractivity contribution in [2.45, 2.75) is 32.7 Å². The fourth-order valence-corrected chi connectivity index (χ4v) is 3.35. The van der Waals surface area contributed by atoms with E-state index in [2.05, 4.69) is 15.0 Å². The summed E-state index contributed by atoms with van der Waals surface area (Å²) in [6, 6.07) is 15.0. The van der Waals surface area contributed by atoms with Crippen molar-refractivity contribution in [1.82, 2.24) is 19.7 Å². The Morgan fingerprint density at radius 1 is 1.12 bits per heavy atom. The highest BCUT2D eigenvalue weighted by Crippen LogP contribution is 2.25. The second-order valence-corrected chi connectivity index (χ2v) is 6.73. The van der Waals surface area contributed by atoms with E-state index in [9.17, 15) is 10.2 Å². The molecule has 6 heteroatoms. The van der Waals surface area contributed by atoms with Crippen molar-refractivity contribution >= 4 is 0 Å². The molecule has 2 aromatic heterocycles. The Hall–Kier alpha value is -2.70. The lowest BCUT2D eigenvalue weighted by molar-refractivity contribution is 0.197. The van der Waals surface area contributed by atoms with Gasteiger partial charge in [0.1, 0.15) is 11.9 Å². The quantitative estimate of drug-likeness (QED) is 0.756. The summed E-state index contributed by atoms with van der Waals surface area (Å²) in [5.74, 6) is 0.231. The molecule has 1 atom stereocenters. The van der Waals surface area contributed by atoms with Crippen LogP contribution in [0.25, 0.3) is 0 Å². The van der Waals surface area contributed by atoms with Gasteiger partial charge in [0, 0.05) is 25.3 Å². The van der Waals surface area contributed by atoms with E-state index in [1.165, 1.54) is 0 Å². The van der Waals surface area contributed by atoms with Crippen LogP contribution in [0.2, 0.25) is 0 Å². The van der Waals surface area contributed by atoms with Gasteiger partial charge in [-0.2, -0.15) is 5.10 Å². The molecule has 0 radical (unpaired) electrons. The van der Waals surface area contributed by atoms with E-state index in [0.29, 0.717) is 24.5 Å². The van der Waals surface area contributed by atoms with E-state index >= 15 is 0 Å². The number of aliphatic hydroxyl groups is 1. The molecule has 0 bridgehead atoms. The zero-order valence-electron chi connectivity index (χ0n) is 14.7. The lowest BCUT2D eigenvalue weighted by Crippen LogP contribution is -2.33. The highest BCUT2D eigenvalue weighted by atomic mass is 16.3. The number of aromatic nitrogens is 3. The molecule has 2 N–H and O–H groups in total. The molecule has 0 saturated heterocycles. The molecule has 0 amide bonds. The van der Waals surface area contributed by atoms with Crippen LogP contribution < -0.4 is 0 Å². The van der Waals surface area contributed by atoms with Crippen molar-refractivity contribution in [3.05, 3.63) is 76.9 Å². The summed E-state index contributed by atoms with van der Waals surface area (Å²) in [7, 11) is 0. The first-order valence-corrected chi connectivity index (χ1v) is 8.77. The number of pyridine rings is 1. The monoisotopic (exact) mass is 350 g/mol. The molecule has 4 rings (SSSR count). The number of benzene rings is 1. The number of hydrogen-bond donors (Lipinski definition) is 2. The smallest absolute Gasteiger partial charge is 0.138 e. The van der Waals surface area contributed by atoms with Crippen molar-refractivity contribution in [2.24, 2.45) is 0 Å². The molecule has 1 aromatic carbocycles. The van der Waals surface area contributed by atoms with E-state index in [-0.39, 0.29) is 5.75 Å². The third kappa shape index (κ3) is 3.34. The van der Waals surface area contributed by atoms with Crippen LogP contribution >= 0.6 is 0 Å². The molecule has 1 unspecified atom stereocenters. The molecule has 134 valence electrons. The highest BCUT2D eigenvalue weighted by Gasteiger charge is 2.22. The minimum atomic E-state index is -0.717. The standard InChI is InChI=1S/C20H22N4O2/c1-14-7-8-19(25)18(21-14)13-23-9-10-24-16(12-23)11-17(22-24)20(26)15-5-3-2-4-6-15/h2-8,11,20,25-26H,9-10,12-13H2,1H3. The van der Waals surface area contributed by atoms with Crippen molar-refractivity contribution in [2.75, 3.05) is 6.54 Å².